The fourth-order valence-electron chi connectivity index (χ4n) is 1.05. The summed E-state index contributed by atoms with van der Waals surface area (Å²) < 4.78 is 5.27. The first-order valence-electron chi connectivity index (χ1n) is 7.74. The highest BCUT2D eigenvalue weighted by molar-refractivity contribution is 5.68. The molecule has 0 saturated carbocycles. The van der Waals surface area contributed by atoms with E-state index >= 15 is 0 Å². The van der Waals surface area contributed by atoms with Crippen LogP contribution in [0.5, 0.6) is 0 Å². The van der Waals surface area contributed by atoms with Gasteiger partial charge in [0.1, 0.15) is 5.60 Å². The van der Waals surface area contributed by atoms with E-state index in [0.29, 0.717) is 0 Å². The molecule has 0 fully saturated rings. The molecule has 0 atom stereocenters. The van der Waals surface area contributed by atoms with Crippen molar-refractivity contribution in [2.24, 2.45) is 0 Å². The van der Waals surface area contributed by atoms with Crippen LogP contribution in [0.15, 0.2) is 0 Å². The minimum absolute atomic E-state index is 0.201. The average Bonchev–Trinajstić information content (AvgIpc) is 2.43. The lowest BCUT2D eigenvalue weighted by Gasteiger charge is -2.26. The van der Waals surface area contributed by atoms with Gasteiger partial charge < -0.3 is 14.7 Å². The number of rotatable bonds is 4. The molecule has 0 radical (unpaired) electrons. The van der Waals surface area contributed by atoms with Crippen LogP contribution in [0.2, 0.25) is 0 Å². The summed E-state index contributed by atoms with van der Waals surface area (Å²) in [5.74, 6) is 0. The molecule has 0 unspecified atom stereocenters. The van der Waals surface area contributed by atoms with Gasteiger partial charge in [-0.15, -0.1) is 12.8 Å². The fourth-order valence-corrected chi connectivity index (χ4v) is 1.05. The van der Waals surface area contributed by atoms with Gasteiger partial charge in [-0.2, -0.15) is 0 Å². The molecule has 0 aromatic carbocycles. The first kappa shape index (κ1) is 28.0. The summed E-state index contributed by atoms with van der Waals surface area (Å²) in [6.07, 6.45) is 9.93. The zero-order valence-corrected chi connectivity index (χ0v) is 15.4. The van der Waals surface area contributed by atoms with Gasteiger partial charge in [0.15, 0.2) is 0 Å². The molecule has 21 heavy (non-hydrogen) atoms. The van der Waals surface area contributed by atoms with Gasteiger partial charge in [0, 0.05) is 19.7 Å². The second-order valence-corrected chi connectivity index (χ2v) is 4.73. The first-order valence-corrected chi connectivity index (χ1v) is 7.74. The molecular formula is C17H37NO3. The Morgan fingerprint density at radius 2 is 1.52 bits per heavy atom. The third-order valence-corrected chi connectivity index (χ3v) is 1.82. The van der Waals surface area contributed by atoms with Crippen LogP contribution in [0.1, 0.15) is 68.2 Å². The molecule has 0 heterocycles. The quantitative estimate of drug-likeness (QED) is 0.787. The van der Waals surface area contributed by atoms with Crippen LogP contribution in [0.25, 0.3) is 0 Å². The summed E-state index contributed by atoms with van der Waals surface area (Å²) in [5, 5.41) is 7.57. The van der Waals surface area contributed by atoms with Crippen molar-refractivity contribution in [2.45, 2.75) is 73.8 Å². The summed E-state index contributed by atoms with van der Waals surface area (Å²) in [6, 6.07) is 0. The highest BCUT2D eigenvalue weighted by Gasteiger charge is 2.20. The molecule has 0 bridgehead atoms. The van der Waals surface area contributed by atoms with Crippen molar-refractivity contribution < 1.29 is 14.6 Å². The highest BCUT2D eigenvalue weighted by Crippen LogP contribution is 2.10. The molecule has 128 valence electrons. The zero-order chi connectivity index (χ0) is 17.9. The van der Waals surface area contributed by atoms with Gasteiger partial charge in [-0.1, -0.05) is 27.2 Å². The van der Waals surface area contributed by atoms with Crippen LogP contribution in [0.3, 0.4) is 0 Å². The lowest BCUT2D eigenvalue weighted by atomic mass is 10.2. The standard InChI is InChI=1S/C11H23NO2.C2H6O.C2H6.C2H2/c1-6-8-9-12(7-2)10(13)14-11(3,4)5;1-2-3;2*1-2/h6-9H2,1-5H3;3H,2H2,1H3;1-2H3;1-2H. The minimum Gasteiger partial charge on any atom is -0.444 e. The number of ether oxygens (including phenoxy) is 1. The Morgan fingerprint density at radius 3 is 1.76 bits per heavy atom. The van der Waals surface area contributed by atoms with Gasteiger partial charge in [0.05, 0.1) is 0 Å². The van der Waals surface area contributed by atoms with Crippen molar-refractivity contribution in [3.8, 4) is 12.8 Å². The SMILES string of the molecule is C#C.CC.CCCCN(CC)C(=O)OC(C)(C)C.CCO. The smallest absolute Gasteiger partial charge is 0.410 e. The van der Waals surface area contributed by atoms with Crippen molar-refractivity contribution in [3.05, 3.63) is 0 Å². The Hall–Kier alpha value is -1.21. The van der Waals surface area contributed by atoms with Crippen LogP contribution in [0.4, 0.5) is 4.79 Å². The molecule has 1 N–H and O–H groups in total. The van der Waals surface area contributed by atoms with Gasteiger partial charge >= 0.3 is 6.09 Å². The number of hydrogen-bond donors (Lipinski definition) is 1. The Bertz CT molecular complexity index is 220. The minimum atomic E-state index is -0.392. The third kappa shape index (κ3) is 27.9. The molecule has 4 heteroatoms. The number of aliphatic hydroxyl groups is 1. The van der Waals surface area contributed by atoms with Crippen LogP contribution >= 0.6 is 0 Å². The maximum absolute atomic E-state index is 11.6. The molecule has 0 aliphatic carbocycles. The van der Waals surface area contributed by atoms with E-state index in [1.165, 1.54) is 0 Å². The van der Waals surface area contributed by atoms with Gasteiger partial charge in [-0.3, -0.25) is 0 Å². The maximum atomic E-state index is 11.6. The van der Waals surface area contributed by atoms with Crippen LogP contribution < -0.4 is 0 Å². The lowest BCUT2D eigenvalue weighted by molar-refractivity contribution is 0.0258. The number of hydrogen-bond acceptors (Lipinski definition) is 3. The summed E-state index contributed by atoms with van der Waals surface area (Å²) >= 11 is 0. The lowest BCUT2D eigenvalue weighted by Crippen LogP contribution is -2.37. The topological polar surface area (TPSA) is 49.8 Å². The van der Waals surface area contributed by atoms with E-state index in [1.54, 1.807) is 11.8 Å². The Labute approximate surface area is 132 Å². The van der Waals surface area contributed by atoms with E-state index in [9.17, 15) is 4.79 Å². The molecule has 4 nitrogen and oxygen atoms in total. The molecular weight excluding hydrogens is 266 g/mol. The van der Waals surface area contributed by atoms with Crippen molar-refractivity contribution in [3.63, 3.8) is 0 Å². The Kier molecular flexibility index (Phi) is 28.2. The molecule has 0 saturated heterocycles. The molecule has 0 aromatic heterocycles. The van der Waals surface area contributed by atoms with E-state index in [0.717, 1.165) is 25.9 Å². The van der Waals surface area contributed by atoms with Crippen LogP contribution in [0, 0.1) is 12.8 Å². The molecule has 0 aromatic rings. The number of carbonyl (C=O) groups is 1. The van der Waals surface area contributed by atoms with Crippen molar-refractivity contribution in [1.82, 2.24) is 4.90 Å². The van der Waals surface area contributed by atoms with E-state index < -0.39 is 5.60 Å². The molecule has 0 aliphatic heterocycles. The van der Waals surface area contributed by atoms with Gasteiger partial charge in [-0.05, 0) is 41.0 Å². The average molecular weight is 303 g/mol. The first-order chi connectivity index (χ1) is 9.82. The van der Waals surface area contributed by atoms with E-state index in [1.807, 2.05) is 41.5 Å². The molecule has 0 rings (SSSR count). The van der Waals surface area contributed by atoms with Crippen molar-refractivity contribution in [1.29, 1.82) is 0 Å². The van der Waals surface area contributed by atoms with Crippen molar-refractivity contribution in [2.75, 3.05) is 19.7 Å². The molecule has 0 spiro atoms. The number of amides is 1. The fraction of sp³-hybridized carbons (Fsp3) is 0.824. The molecule has 1 amide bonds. The van der Waals surface area contributed by atoms with Crippen LogP contribution in [-0.4, -0.2) is 41.4 Å². The number of carbonyl (C=O) groups excluding carboxylic acids is 1. The number of unbranched alkanes of at least 4 members (excludes halogenated alkanes) is 1. The van der Waals surface area contributed by atoms with Gasteiger partial charge in [-0.25, -0.2) is 4.79 Å². The summed E-state index contributed by atoms with van der Waals surface area (Å²) in [4.78, 5) is 13.3. The largest absolute Gasteiger partial charge is 0.444 e. The van der Waals surface area contributed by atoms with E-state index in [2.05, 4.69) is 19.8 Å². The Balaban J connectivity index is -0.000000176. The molecule has 0 aliphatic rings. The summed E-state index contributed by atoms with van der Waals surface area (Å²) in [7, 11) is 0. The summed E-state index contributed by atoms with van der Waals surface area (Å²) in [6.45, 7) is 17.2. The second-order valence-electron chi connectivity index (χ2n) is 4.73. The predicted molar refractivity (Wildman–Crippen MR) is 92.4 cm³/mol. The van der Waals surface area contributed by atoms with E-state index in [-0.39, 0.29) is 12.7 Å². The zero-order valence-electron chi connectivity index (χ0n) is 15.4. The Morgan fingerprint density at radius 1 is 1.14 bits per heavy atom. The van der Waals surface area contributed by atoms with Gasteiger partial charge in [0.25, 0.3) is 0 Å². The number of aliphatic hydroxyl groups excluding tert-OH is 1. The monoisotopic (exact) mass is 303 g/mol. The van der Waals surface area contributed by atoms with Crippen molar-refractivity contribution >= 4 is 6.09 Å². The third-order valence-electron chi connectivity index (χ3n) is 1.82. The van der Waals surface area contributed by atoms with Crippen LogP contribution in [-0.2, 0) is 4.74 Å². The van der Waals surface area contributed by atoms with E-state index in [4.69, 9.17) is 9.84 Å². The second kappa shape index (κ2) is 21.1. The predicted octanol–water partition coefficient (Wildman–Crippen LogP) is 4.32. The van der Waals surface area contributed by atoms with Gasteiger partial charge in [0.2, 0.25) is 0 Å². The maximum Gasteiger partial charge on any atom is 0.410 e. The highest BCUT2D eigenvalue weighted by atomic mass is 16.6. The number of nitrogens with zero attached hydrogens (tertiary/aromatic N) is 1. The number of terminal acetylenes is 1. The summed E-state index contributed by atoms with van der Waals surface area (Å²) in [5.41, 5.74) is -0.392. The normalized spacial score (nSPS) is 8.71.